The van der Waals surface area contributed by atoms with Gasteiger partial charge in [-0.3, -0.25) is 9.78 Å². The number of hydrogen-bond donors (Lipinski definition) is 0. The molecule has 1 heterocycles. The van der Waals surface area contributed by atoms with E-state index in [1.54, 1.807) is 6.20 Å². The lowest BCUT2D eigenvalue weighted by molar-refractivity contribution is -0.104. The van der Waals surface area contributed by atoms with E-state index in [2.05, 4.69) is 4.98 Å². The molecule has 2 nitrogen and oxygen atoms in total. The van der Waals surface area contributed by atoms with Gasteiger partial charge in [0.2, 0.25) is 0 Å². The summed E-state index contributed by atoms with van der Waals surface area (Å²) in [4.78, 5) is 14.2. The lowest BCUT2D eigenvalue weighted by Crippen LogP contribution is -1.83. The van der Waals surface area contributed by atoms with E-state index >= 15 is 0 Å². The second-order valence-corrected chi connectivity index (χ2v) is 2.20. The maximum Gasteiger partial charge on any atom is 0.143 e. The molecule has 2 heteroatoms. The summed E-state index contributed by atoms with van der Waals surface area (Å²) < 4.78 is 0. The molecule has 0 aromatic carbocycles. The van der Waals surface area contributed by atoms with Gasteiger partial charge in [0.15, 0.2) is 0 Å². The van der Waals surface area contributed by atoms with Crippen LogP contribution in [-0.2, 0) is 4.79 Å². The van der Waals surface area contributed by atoms with Crippen LogP contribution in [0.1, 0.15) is 12.6 Å². The molecule has 0 atom stereocenters. The number of rotatable bonds is 2. The zero-order chi connectivity index (χ0) is 8.10. The Balaban J connectivity index is 2.94. The number of aldehydes is 1. The van der Waals surface area contributed by atoms with Crippen LogP contribution in [0.15, 0.2) is 30.5 Å². The summed E-state index contributed by atoms with van der Waals surface area (Å²) in [5.41, 5.74) is 1.74. The minimum Gasteiger partial charge on any atom is -0.299 e. The predicted octanol–water partition coefficient (Wildman–Crippen LogP) is 1.68. The summed E-state index contributed by atoms with van der Waals surface area (Å²) in [5, 5.41) is 0. The van der Waals surface area contributed by atoms with Crippen LogP contribution in [0, 0.1) is 0 Å². The Kier molecular flexibility index (Phi) is 2.55. The minimum absolute atomic E-state index is 0.768. The van der Waals surface area contributed by atoms with Crippen LogP contribution in [0.4, 0.5) is 0 Å². The fourth-order valence-corrected chi connectivity index (χ4v) is 0.783. The van der Waals surface area contributed by atoms with Crippen molar-refractivity contribution in [2.75, 3.05) is 0 Å². The fraction of sp³-hybridized carbons (Fsp3) is 0.111. The zero-order valence-electron chi connectivity index (χ0n) is 6.32. The second kappa shape index (κ2) is 3.66. The molecule has 0 aliphatic heterocycles. The summed E-state index contributed by atoms with van der Waals surface area (Å²) in [5.74, 6) is 0. The Bertz CT molecular complexity index is 264. The van der Waals surface area contributed by atoms with Crippen molar-refractivity contribution in [3.05, 3.63) is 36.2 Å². The fourth-order valence-electron chi connectivity index (χ4n) is 0.783. The molecule has 0 fully saturated rings. The molecule has 0 saturated heterocycles. The summed E-state index contributed by atoms with van der Waals surface area (Å²) >= 11 is 0. The van der Waals surface area contributed by atoms with E-state index in [4.69, 9.17) is 0 Å². The lowest BCUT2D eigenvalue weighted by atomic mass is 10.2. The molecular formula is C9H9NO. The Labute approximate surface area is 65.6 Å². The first kappa shape index (κ1) is 7.66. The minimum atomic E-state index is 0.768. The van der Waals surface area contributed by atoms with E-state index < -0.39 is 0 Å². The van der Waals surface area contributed by atoms with E-state index in [1.165, 1.54) is 6.08 Å². The van der Waals surface area contributed by atoms with Crippen molar-refractivity contribution in [2.45, 2.75) is 6.92 Å². The number of nitrogens with zero attached hydrogens (tertiary/aromatic N) is 1. The summed E-state index contributed by atoms with van der Waals surface area (Å²) in [6.07, 6.45) is 3.98. The highest BCUT2D eigenvalue weighted by Crippen LogP contribution is 2.07. The number of carbonyl (C=O) groups excluding carboxylic acids is 1. The lowest BCUT2D eigenvalue weighted by Gasteiger charge is -1.95. The number of carbonyl (C=O) groups is 1. The summed E-state index contributed by atoms with van der Waals surface area (Å²) in [7, 11) is 0. The smallest absolute Gasteiger partial charge is 0.143 e. The number of allylic oxidation sites excluding steroid dienone is 2. The molecule has 0 saturated carbocycles. The van der Waals surface area contributed by atoms with Gasteiger partial charge in [-0.05, 0) is 30.7 Å². The van der Waals surface area contributed by atoms with Gasteiger partial charge in [-0.15, -0.1) is 0 Å². The molecule has 0 amide bonds. The molecule has 0 radical (unpaired) electrons. The molecule has 0 N–H and O–H groups in total. The van der Waals surface area contributed by atoms with Crippen molar-refractivity contribution in [3.63, 3.8) is 0 Å². The summed E-state index contributed by atoms with van der Waals surface area (Å²) in [6.45, 7) is 1.86. The molecule has 0 unspecified atom stereocenters. The van der Waals surface area contributed by atoms with E-state index in [0.29, 0.717) is 0 Å². The number of pyridine rings is 1. The van der Waals surface area contributed by atoms with E-state index in [9.17, 15) is 4.79 Å². The molecule has 0 aliphatic rings. The van der Waals surface area contributed by atoms with Gasteiger partial charge in [0.1, 0.15) is 6.29 Å². The largest absolute Gasteiger partial charge is 0.299 e. The Morgan fingerprint density at radius 1 is 1.55 bits per heavy atom. The van der Waals surface area contributed by atoms with Crippen molar-refractivity contribution in [1.82, 2.24) is 4.98 Å². The molecule has 0 aliphatic carbocycles. The molecule has 11 heavy (non-hydrogen) atoms. The molecule has 0 spiro atoms. The highest BCUT2D eigenvalue weighted by atomic mass is 16.1. The van der Waals surface area contributed by atoms with Crippen LogP contribution in [0.5, 0.6) is 0 Å². The van der Waals surface area contributed by atoms with Gasteiger partial charge in [-0.2, -0.15) is 0 Å². The monoisotopic (exact) mass is 147 g/mol. The molecule has 1 rings (SSSR count). The van der Waals surface area contributed by atoms with E-state index in [0.717, 1.165) is 17.6 Å². The number of aromatic nitrogens is 1. The Morgan fingerprint density at radius 2 is 2.36 bits per heavy atom. The van der Waals surface area contributed by atoms with Crippen LogP contribution in [0.25, 0.3) is 5.57 Å². The van der Waals surface area contributed by atoms with Crippen LogP contribution in [-0.4, -0.2) is 11.3 Å². The topological polar surface area (TPSA) is 30.0 Å². The first-order valence-electron chi connectivity index (χ1n) is 3.38. The third-order valence-electron chi connectivity index (χ3n) is 1.39. The highest BCUT2D eigenvalue weighted by molar-refractivity contribution is 5.79. The van der Waals surface area contributed by atoms with Gasteiger partial charge >= 0.3 is 0 Å². The van der Waals surface area contributed by atoms with Crippen molar-refractivity contribution in [1.29, 1.82) is 0 Å². The number of hydrogen-bond acceptors (Lipinski definition) is 2. The first-order chi connectivity index (χ1) is 5.34. The van der Waals surface area contributed by atoms with Crippen LogP contribution >= 0.6 is 0 Å². The third kappa shape index (κ3) is 2.00. The molecule has 56 valence electrons. The van der Waals surface area contributed by atoms with Crippen molar-refractivity contribution >= 4 is 11.9 Å². The zero-order valence-corrected chi connectivity index (χ0v) is 6.32. The normalized spacial score (nSPS) is 11.2. The van der Waals surface area contributed by atoms with Gasteiger partial charge in [0, 0.05) is 6.20 Å². The van der Waals surface area contributed by atoms with Crippen LogP contribution in [0.2, 0.25) is 0 Å². The van der Waals surface area contributed by atoms with Crippen molar-refractivity contribution in [3.8, 4) is 0 Å². The quantitative estimate of drug-likeness (QED) is 0.470. The standard InChI is InChI=1S/C9H9NO/c1-8(5-7-11)9-4-2-3-6-10-9/h2-7H,1H3/b8-5-. The van der Waals surface area contributed by atoms with Crippen molar-refractivity contribution in [2.24, 2.45) is 0 Å². The average Bonchev–Trinajstić information content (AvgIpc) is 2.07. The van der Waals surface area contributed by atoms with Crippen LogP contribution in [0.3, 0.4) is 0 Å². The molecule has 0 bridgehead atoms. The van der Waals surface area contributed by atoms with E-state index in [-0.39, 0.29) is 0 Å². The van der Waals surface area contributed by atoms with Gasteiger partial charge < -0.3 is 0 Å². The predicted molar refractivity (Wildman–Crippen MR) is 44.0 cm³/mol. The van der Waals surface area contributed by atoms with Gasteiger partial charge in [-0.25, -0.2) is 0 Å². The average molecular weight is 147 g/mol. The highest BCUT2D eigenvalue weighted by Gasteiger charge is 1.92. The van der Waals surface area contributed by atoms with Gasteiger partial charge in [0.05, 0.1) is 5.69 Å². The van der Waals surface area contributed by atoms with Crippen molar-refractivity contribution < 1.29 is 4.79 Å². The third-order valence-corrected chi connectivity index (χ3v) is 1.39. The van der Waals surface area contributed by atoms with Crippen LogP contribution < -0.4 is 0 Å². The first-order valence-corrected chi connectivity index (χ1v) is 3.38. The van der Waals surface area contributed by atoms with E-state index in [1.807, 2.05) is 25.1 Å². The molecule has 1 aromatic heterocycles. The van der Waals surface area contributed by atoms with Gasteiger partial charge in [-0.1, -0.05) is 6.07 Å². The van der Waals surface area contributed by atoms with Gasteiger partial charge in [0.25, 0.3) is 0 Å². The summed E-state index contributed by atoms with van der Waals surface area (Å²) in [6, 6.07) is 5.61. The SMILES string of the molecule is C/C(=C/C=O)c1ccccn1. The second-order valence-electron chi connectivity index (χ2n) is 2.20. The maximum atomic E-state index is 10.1. The Hall–Kier alpha value is -1.44. The Morgan fingerprint density at radius 3 is 2.91 bits per heavy atom. The molecular weight excluding hydrogens is 138 g/mol. The maximum absolute atomic E-state index is 10.1. The molecule has 1 aromatic rings.